The van der Waals surface area contributed by atoms with Crippen molar-refractivity contribution in [2.45, 2.75) is 25.8 Å². The number of sulfonamides is 1. The Bertz CT molecular complexity index is 844. The van der Waals surface area contributed by atoms with E-state index in [0.717, 1.165) is 24.9 Å². The molecule has 1 atom stereocenters. The van der Waals surface area contributed by atoms with Gasteiger partial charge in [-0.25, -0.2) is 13.1 Å². The van der Waals surface area contributed by atoms with Gasteiger partial charge in [-0.15, -0.1) is 0 Å². The van der Waals surface area contributed by atoms with Crippen LogP contribution in [-0.2, 0) is 21.4 Å². The molecule has 1 aliphatic rings. The Morgan fingerprint density at radius 3 is 2.88 bits per heavy atom. The fourth-order valence-corrected chi connectivity index (χ4v) is 3.98. The normalized spacial score (nSPS) is 18.6. The van der Waals surface area contributed by atoms with Crippen molar-refractivity contribution >= 4 is 26.8 Å². The number of aryl methyl sites for hydroxylation is 1. The first-order valence-electron chi connectivity index (χ1n) is 8.69. The number of amides is 1. The highest BCUT2D eigenvalue weighted by atomic mass is 32.2. The zero-order chi connectivity index (χ0) is 17.9. The lowest BCUT2D eigenvalue weighted by Gasteiger charge is -2.33. The van der Waals surface area contributed by atoms with Crippen LogP contribution in [0.4, 0.5) is 0 Å². The number of nitrogens with one attached hydrogen (secondary N) is 1. The highest BCUT2D eigenvalue weighted by molar-refractivity contribution is 7.88. The van der Waals surface area contributed by atoms with E-state index in [0.29, 0.717) is 26.1 Å². The maximum Gasteiger partial charge on any atom is 0.224 e. The van der Waals surface area contributed by atoms with Crippen LogP contribution in [0.5, 0.6) is 0 Å². The molecule has 1 amide bonds. The number of hydrogen-bond donors (Lipinski definition) is 1. The van der Waals surface area contributed by atoms with Crippen LogP contribution in [0.1, 0.15) is 19.3 Å². The zero-order valence-electron chi connectivity index (χ0n) is 14.5. The minimum absolute atomic E-state index is 0.141. The number of benzene rings is 1. The van der Waals surface area contributed by atoms with Gasteiger partial charge in [-0.2, -0.15) is 0 Å². The van der Waals surface area contributed by atoms with Crippen LogP contribution >= 0.6 is 0 Å². The largest absolute Gasteiger partial charge is 0.347 e. The SMILES string of the molecule is CS(=O)(=O)NCC1CCCN(C(=O)CCn2ccc3ccccc32)C1. The van der Waals surface area contributed by atoms with Gasteiger partial charge in [0.05, 0.1) is 6.26 Å². The summed E-state index contributed by atoms with van der Waals surface area (Å²) >= 11 is 0. The lowest BCUT2D eigenvalue weighted by Crippen LogP contribution is -2.43. The number of hydrogen-bond acceptors (Lipinski definition) is 3. The fourth-order valence-electron chi connectivity index (χ4n) is 3.44. The molecule has 1 aromatic carbocycles. The number of likely N-dealkylation sites (tertiary alicyclic amines) is 1. The van der Waals surface area contributed by atoms with Gasteiger partial charge in [-0.05, 0) is 36.3 Å². The van der Waals surface area contributed by atoms with Gasteiger partial charge in [0.1, 0.15) is 0 Å². The second-order valence-corrected chi connectivity index (χ2v) is 8.62. The molecule has 1 aliphatic heterocycles. The molecule has 7 heteroatoms. The molecule has 1 unspecified atom stereocenters. The van der Waals surface area contributed by atoms with E-state index in [1.54, 1.807) is 0 Å². The van der Waals surface area contributed by atoms with Crippen LogP contribution in [-0.4, -0.2) is 49.7 Å². The van der Waals surface area contributed by atoms with Crippen LogP contribution in [0.2, 0.25) is 0 Å². The minimum atomic E-state index is -3.18. The molecular formula is C18H25N3O3S. The quantitative estimate of drug-likeness (QED) is 0.851. The van der Waals surface area contributed by atoms with Gasteiger partial charge in [0.25, 0.3) is 0 Å². The second-order valence-electron chi connectivity index (χ2n) is 6.79. The Kier molecular flexibility index (Phi) is 5.44. The smallest absolute Gasteiger partial charge is 0.224 e. The van der Waals surface area contributed by atoms with Crippen LogP contribution in [0.15, 0.2) is 36.5 Å². The summed E-state index contributed by atoms with van der Waals surface area (Å²) in [7, 11) is -3.18. The van der Waals surface area contributed by atoms with Crippen molar-refractivity contribution in [2.75, 3.05) is 25.9 Å². The molecule has 1 aromatic heterocycles. The van der Waals surface area contributed by atoms with E-state index in [1.165, 1.54) is 11.6 Å². The van der Waals surface area contributed by atoms with E-state index in [-0.39, 0.29) is 11.8 Å². The minimum Gasteiger partial charge on any atom is -0.347 e. The van der Waals surface area contributed by atoms with E-state index >= 15 is 0 Å². The second kappa shape index (κ2) is 7.58. The number of fused-ring (bicyclic) bond motifs is 1. The third kappa shape index (κ3) is 4.83. The van der Waals surface area contributed by atoms with Gasteiger partial charge in [0.2, 0.25) is 15.9 Å². The van der Waals surface area contributed by atoms with Crippen molar-refractivity contribution in [3.63, 3.8) is 0 Å². The average molecular weight is 363 g/mol. The van der Waals surface area contributed by atoms with Crippen molar-refractivity contribution in [3.8, 4) is 0 Å². The van der Waals surface area contributed by atoms with E-state index in [1.807, 2.05) is 23.2 Å². The van der Waals surface area contributed by atoms with Gasteiger partial charge < -0.3 is 9.47 Å². The fraction of sp³-hybridized carbons (Fsp3) is 0.500. The van der Waals surface area contributed by atoms with Gasteiger partial charge in [-0.1, -0.05) is 18.2 Å². The first kappa shape index (κ1) is 17.9. The maximum absolute atomic E-state index is 12.6. The molecule has 0 radical (unpaired) electrons. The summed E-state index contributed by atoms with van der Waals surface area (Å²) < 4.78 is 27.1. The van der Waals surface area contributed by atoms with Crippen molar-refractivity contribution in [2.24, 2.45) is 5.92 Å². The maximum atomic E-state index is 12.6. The summed E-state index contributed by atoms with van der Waals surface area (Å²) in [6, 6.07) is 10.2. The molecule has 0 saturated carbocycles. The third-order valence-electron chi connectivity index (χ3n) is 4.75. The highest BCUT2D eigenvalue weighted by Gasteiger charge is 2.24. The number of aromatic nitrogens is 1. The number of rotatable bonds is 6. The Labute approximate surface area is 148 Å². The molecule has 2 heterocycles. The molecule has 1 N–H and O–H groups in total. The van der Waals surface area contributed by atoms with E-state index in [9.17, 15) is 13.2 Å². The molecule has 0 bridgehead atoms. The Balaban J connectivity index is 1.54. The standard InChI is InChI=1S/C18H25N3O3S/c1-25(23,24)19-13-15-5-4-10-21(14-15)18(22)9-12-20-11-8-16-6-2-3-7-17(16)20/h2-3,6-8,11,15,19H,4-5,9-10,12-14H2,1H3. The van der Waals surface area contributed by atoms with Gasteiger partial charge in [0, 0.05) is 44.3 Å². The zero-order valence-corrected chi connectivity index (χ0v) is 15.3. The molecule has 0 aliphatic carbocycles. The monoisotopic (exact) mass is 363 g/mol. The van der Waals surface area contributed by atoms with Gasteiger partial charge >= 0.3 is 0 Å². The number of carbonyl (C=O) groups excluding carboxylic acids is 1. The lowest BCUT2D eigenvalue weighted by atomic mass is 9.98. The summed E-state index contributed by atoms with van der Waals surface area (Å²) in [6.07, 6.45) is 5.53. The van der Waals surface area contributed by atoms with Crippen molar-refractivity contribution in [1.82, 2.24) is 14.2 Å². The molecule has 6 nitrogen and oxygen atoms in total. The van der Waals surface area contributed by atoms with E-state index in [2.05, 4.69) is 27.5 Å². The lowest BCUT2D eigenvalue weighted by molar-refractivity contribution is -0.133. The summed E-state index contributed by atoms with van der Waals surface area (Å²) in [6.45, 7) is 2.47. The first-order chi connectivity index (χ1) is 11.9. The Morgan fingerprint density at radius 1 is 1.28 bits per heavy atom. The van der Waals surface area contributed by atoms with Gasteiger partial charge in [0.15, 0.2) is 0 Å². The van der Waals surface area contributed by atoms with Gasteiger partial charge in [-0.3, -0.25) is 4.79 Å². The molecule has 1 fully saturated rings. The average Bonchev–Trinajstić information content (AvgIpc) is 3.01. The Hall–Kier alpha value is -1.86. The van der Waals surface area contributed by atoms with E-state index in [4.69, 9.17) is 0 Å². The molecule has 25 heavy (non-hydrogen) atoms. The first-order valence-corrected chi connectivity index (χ1v) is 10.6. The van der Waals surface area contributed by atoms with Crippen molar-refractivity contribution < 1.29 is 13.2 Å². The number of para-hydroxylation sites is 1. The van der Waals surface area contributed by atoms with Crippen molar-refractivity contribution in [3.05, 3.63) is 36.5 Å². The van der Waals surface area contributed by atoms with Crippen LogP contribution < -0.4 is 4.72 Å². The van der Waals surface area contributed by atoms with Crippen molar-refractivity contribution in [1.29, 1.82) is 0 Å². The predicted molar refractivity (Wildman–Crippen MR) is 98.7 cm³/mol. The summed E-state index contributed by atoms with van der Waals surface area (Å²) in [5, 5.41) is 1.18. The van der Waals surface area contributed by atoms with Crippen LogP contribution in [0.3, 0.4) is 0 Å². The molecule has 136 valence electrons. The molecule has 2 aromatic rings. The Morgan fingerprint density at radius 2 is 2.08 bits per heavy atom. The molecule has 3 rings (SSSR count). The molecule has 0 spiro atoms. The summed E-state index contributed by atoms with van der Waals surface area (Å²) in [5.74, 6) is 0.335. The summed E-state index contributed by atoms with van der Waals surface area (Å²) in [4.78, 5) is 14.4. The predicted octanol–water partition coefficient (Wildman–Crippen LogP) is 1.82. The number of piperidine rings is 1. The number of carbonyl (C=O) groups is 1. The molecule has 1 saturated heterocycles. The van der Waals surface area contributed by atoms with E-state index < -0.39 is 10.0 Å². The molecular weight excluding hydrogens is 338 g/mol. The van der Waals surface area contributed by atoms with Crippen LogP contribution in [0.25, 0.3) is 10.9 Å². The number of nitrogens with zero attached hydrogens (tertiary/aromatic N) is 2. The highest BCUT2D eigenvalue weighted by Crippen LogP contribution is 2.18. The summed E-state index contributed by atoms with van der Waals surface area (Å²) in [5.41, 5.74) is 1.14. The third-order valence-corrected chi connectivity index (χ3v) is 5.44. The topological polar surface area (TPSA) is 71.4 Å². The van der Waals surface area contributed by atoms with Crippen LogP contribution in [0, 0.1) is 5.92 Å².